The zero-order valence-corrected chi connectivity index (χ0v) is 16.3. The molecule has 1 heterocycles. The van der Waals surface area contributed by atoms with Crippen LogP contribution in [0.25, 0.3) is 22.0 Å². The SMILES string of the molecule is Cn1cc2c(C(=O)NNS(=O)(=O)c3ccccc3)cc(-c3ccccc3)cc2n1. The summed E-state index contributed by atoms with van der Waals surface area (Å²) in [6.45, 7) is 0. The van der Waals surface area contributed by atoms with Crippen LogP contribution in [-0.2, 0) is 17.1 Å². The lowest BCUT2D eigenvalue weighted by molar-refractivity contribution is 0.0947. The molecule has 0 radical (unpaired) electrons. The van der Waals surface area contributed by atoms with E-state index in [-0.39, 0.29) is 4.90 Å². The number of hydrogen-bond donors (Lipinski definition) is 2. The molecule has 4 aromatic rings. The number of fused-ring (bicyclic) bond motifs is 1. The summed E-state index contributed by atoms with van der Waals surface area (Å²) < 4.78 is 26.4. The maximum atomic E-state index is 12.9. The molecule has 0 aliphatic rings. The lowest BCUT2D eigenvalue weighted by Crippen LogP contribution is -2.41. The highest BCUT2D eigenvalue weighted by molar-refractivity contribution is 7.89. The highest BCUT2D eigenvalue weighted by Crippen LogP contribution is 2.27. The number of rotatable bonds is 5. The van der Waals surface area contributed by atoms with E-state index in [1.807, 2.05) is 36.4 Å². The molecule has 8 heteroatoms. The maximum absolute atomic E-state index is 12.9. The molecule has 29 heavy (non-hydrogen) atoms. The van der Waals surface area contributed by atoms with Crippen LogP contribution in [0.1, 0.15) is 10.4 Å². The van der Waals surface area contributed by atoms with Crippen molar-refractivity contribution >= 4 is 26.8 Å². The van der Waals surface area contributed by atoms with Crippen molar-refractivity contribution in [3.8, 4) is 11.1 Å². The van der Waals surface area contributed by atoms with Gasteiger partial charge in [0.15, 0.2) is 0 Å². The van der Waals surface area contributed by atoms with Crippen LogP contribution in [0.3, 0.4) is 0 Å². The highest BCUT2D eigenvalue weighted by atomic mass is 32.2. The van der Waals surface area contributed by atoms with E-state index < -0.39 is 15.9 Å². The molecule has 0 saturated carbocycles. The van der Waals surface area contributed by atoms with Crippen LogP contribution in [0.4, 0.5) is 0 Å². The predicted octanol–water partition coefficient (Wildman–Crippen LogP) is 2.86. The molecular weight excluding hydrogens is 388 g/mol. The molecule has 3 aromatic carbocycles. The zero-order chi connectivity index (χ0) is 20.4. The number of amides is 1. The third kappa shape index (κ3) is 3.89. The van der Waals surface area contributed by atoms with Gasteiger partial charge in [-0.15, -0.1) is 4.83 Å². The number of hydrazine groups is 1. The normalized spacial score (nSPS) is 11.5. The second-order valence-corrected chi connectivity index (χ2v) is 8.18. The summed E-state index contributed by atoms with van der Waals surface area (Å²) in [7, 11) is -2.11. The maximum Gasteiger partial charge on any atom is 0.267 e. The van der Waals surface area contributed by atoms with Crippen molar-refractivity contribution < 1.29 is 13.2 Å². The molecule has 0 bridgehead atoms. The van der Waals surface area contributed by atoms with Crippen molar-refractivity contribution in [2.24, 2.45) is 7.05 Å². The first kappa shape index (κ1) is 18.9. The summed E-state index contributed by atoms with van der Waals surface area (Å²) in [5.74, 6) is -0.569. The Bertz CT molecular complexity index is 1280. The second kappa shape index (κ2) is 7.50. The minimum absolute atomic E-state index is 0.0601. The summed E-state index contributed by atoms with van der Waals surface area (Å²) in [6.07, 6.45) is 1.73. The molecule has 1 aromatic heterocycles. The third-order valence-electron chi connectivity index (χ3n) is 4.44. The van der Waals surface area contributed by atoms with Gasteiger partial charge in [-0.2, -0.15) is 5.10 Å². The van der Waals surface area contributed by atoms with Crippen molar-refractivity contribution in [3.63, 3.8) is 0 Å². The van der Waals surface area contributed by atoms with Crippen LogP contribution in [0.15, 0.2) is 83.9 Å². The van der Waals surface area contributed by atoms with Crippen LogP contribution in [0.5, 0.6) is 0 Å². The Morgan fingerprint density at radius 3 is 2.28 bits per heavy atom. The number of hydrogen-bond acceptors (Lipinski definition) is 4. The van der Waals surface area contributed by atoms with Gasteiger partial charge in [-0.1, -0.05) is 48.5 Å². The molecule has 0 aliphatic heterocycles. The molecule has 0 aliphatic carbocycles. The topological polar surface area (TPSA) is 93.1 Å². The van der Waals surface area contributed by atoms with Crippen LogP contribution >= 0.6 is 0 Å². The molecule has 2 N–H and O–H groups in total. The molecule has 146 valence electrons. The molecule has 0 fully saturated rings. The minimum Gasteiger partial charge on any atom is -0.275 e. The van der Waals surface area contributed by atoms with Crippen LogP contribution in [0, 0.1) is 0 Å². The number of aryl methyl sites for hydroxylation is 1. The van der Waals surface area contributed by atoms with Gasteiger partial charge in [0.2, 0.25) is 0 Å². The van der Waals surface area contributed by atoms with E-state index in [0.717, 1.165) is 11.1 Å². The Kier molecular flexibility index (Phi) is 4.87. The summed E-state index contributed by atoms with van der Waals surface area (Å²) in [4.78, 5) is 15.1. The van der Waals surface area contributed by atoms with E-state index in [4.69, 9.17) is 0 Å². The first-order valence-electron chi connectivity index (χ1n) is 8.84. The largest absolute Gasteiger partial charge is 0.275 e. The summed E-state index contributed by atoms with van der Waals surface area (Å²) >= 11 is 0. The Balaban J connectivity index is 1.68. The number of nitrogens with one attached hydrogen (secondary N) is 2. The molecule has 4 rings (SSSR count). The van der Waals surface area contributed by atoms with Gasteiger partial charge < -0.3 is 0 Å². The van der Waals surface area contributed by atoms with Gasteiger partial charge in [0.05, 0.1) is 16.0 Å². The number of sulfonamides is 1. The number of carbonyl (C=O) groups is 1. The van der Waals surface area contributed by atoms with Crippen molar-refractivity contribution in [1.29, 1.82) is 0 Å². The quantitative estimate of drug-likeness (QED) is 0.499. The van der Waals surface area contributed by atoms with Crippen molar-refractivity contribution in [1.82, 2.24) is 20.0 Å². The molecule has 0 saturated heterocycles. The van der Waals surface area contributed by atoms with Gasteiger partial charge in [0.25, 0.3) is 15.9 Å². The fraction of sp³-hybridized carbons (Fsp3) is 0.0476. The van der Waals surface area contributed by atoms with Crippen LogP contribution in [-0.4, -0.2) is 24.1 Å². The number of nitrogens with zero attached hydrogens (tertiary/aromatic N) is 2. The standard InChI is InChI=1S/C21H18N4O3S/c1-25-14-19-18(12-16(13-20(19)23-25)15-8-4-2-5-9-15)21(26)22-24-29(27,28)17-10-6-3-7-11-17/h2-14,24H,1H3,(H,22,26). The van der Waals surface area contributed by atoms with Crippen molar-refractivity contribution in [2.45, 2.75) is 4.90 Å². The van der Waals surface area contributed by atoms with E-state index in [9.17, 15) is 13.2 Å². The average Bonchev–Trinajstić information content (AvgIpc) is 3.12. The smallest absolute Gasteiger partial charge is 0.267 e. The van der Waals surface area contributed by atoms with Gasteiger partial charge in [-0.05, 0) is 35.4 Å². The molecule has 7 nitrogen and oxygen atoms in total. The zero-order valence-electron chi connectivity index (χ0n) is 15.5. The first-order valence-corrected chi connectivity index (χ1v) is 10.3. The minimum atomic E-state index is -3.88. The van der Waals surface area contributed by atoms with Crippen molar-refractivity contribution in [2.75, 3.05) is 0 Å². The van der Waals surface area contributed by atoms with Gasteiger partial charge >= 0.3 is 0 Å². The molecule has 0 atom stereocenters. The van der Waals surface area contributed by atoms with Gasteiger partial charge in [0, 0.05) is 18.6 Å². The highest BCUT2D eigenvalue weighted by Gasteiger charge is 2.18. The Hall–Kier alpha value is -3.49. The first-order chi connectivity index (χ1) is 13.9. The molecule has 0 spiro atoms. The summed E-state index contributed by atoms with van der Waals surface area (Å²) in [5, 5.41) is 5.03. The van der Waals surface area contributed by atoms with Gasteiger partial charge in [0.1, 0.15) is 0 Å². The van der Waals surface area contributed by atoms with Crippen LogP contribution < -0.4 is 10.3 Å². The fourth-order valence-corrected chi connectivity index (χ4v) is 3.93. The van der Waals surface area contributed by atoms with E-state index >= 15 is 0 Å². The number of benzene rings is 3. The van der Waals surface area contributed by atoms with E-state index in [1.165, 1.54) is 12.1 Å². The molecule has 1 amide bonds. The van der Waals surface area contributed by atoms with E-state index in [2.05, 4.69) is 15.4 Å². The van der Waals surface area contributed by atoms with Gasteiger partial charge in [-0.3, -0.25) is 14.9 Å². The van der Waals surface area contributed by atoms with E-state index in [0.29, 0.717) is 16.5 Å². The Morgan fingerprint density at radius 1 is 0.931 bits per heavy atom. The van der Waals surface area contributed by atoms with Crippen molar-refractivity contribution in [3.05, 3.63) is 84.6 Å². The molecule has 0 unspecified atom stereocenters. The predicted molar refractivity (Wildman–Crippen MR) is 110 cm³/mol. The second-order valence-electron chi connectivity index (χ2n) is 6.50. The Morgan fingerprint density at radius 2 is 1.59 bits per heavy atom. The lowest BCUT2D eigenvalue weighted by atomic mass is 10.00. The number of aromatic nitrogens is 2. The average molecular weight is 406 g/mol. The number of carbonyl (C=O) groups excluding carboxylic acids is 1. The van der Waals surface area contributed by atoms with E-state index in [1.54, 1.807) is 42.2 Å². The monoisotopic (exact) mass is 406 g/mol. The molecular formula is C21H18N4O3S. The Labute approximate surface area is 168 Å². The van der Waals surface area contributed by atoms with Gasteiger partial charge in [-0.25, -0.2) is 8.42 Å². The summed E-state index contributed by atoms with van der Waals surface area (Å²) in [6, 6.07) is 21.1. The third-order valence-corrected chi connectivity index (χ3v) is 5.71. The van der Waals surface area contributed by atoms with Crippen LogP contribution in [0.2, 0.25) is 0 Å². The fourth-order valence-electron chi connectivity index (χ4n) is 3.07. The lowest BCUT2D eigenvalue weighted by Gasteiger charge is -2.10. The summed E-state index contributed by atoms with van der Waals surface area (Å²) in [5.41, 5.74) is 5.01.